The predicted octanol–water partition coefficient (Wildman–Crippen LogP) is 20.6. The van der Waals surface area contributed by atoms with Gasteiger partial charge in [-0.1, -0.05) is 218 Å². The van der Waals surface area contributed by atoms with E-state index in [1.165, 1.54) is 82.4 Å². The van der Waals surface area contributed by atoms with Gasteiger partial charge in [-0.05, 0) is 186 Å². The highest BCUT2D eigenvalue weighted by Gasteiger charge is 2.26. The number of para-hydroxylation sites is 3. The Morgan fingerprint density at radius 1 is 0.308 bits per heavy atom. The van der Waals surface area contributed by atoms with Crippen molar-refractivity contribution >= 4 is 66.4 Å². The Balaban J connectivity index is 0.854. The Morgan fingerprint density at radius 2 is 0.808 bits per heavy atom. The summed E-state index contributed by atoms with van der Waals surface area (Å²) in [6, 6.07) is 110. The number of fused-ring (bicyclic) bond motifs is 7. The minimum Gasteiger partial charge on any atom is -0.310 e. The number of aryl methyl sites for hydroxylation is 2. The molecule has 0 aliphatic heterocycles. The lowest BCUT2D eigenvalue weighted by molar-refractivity contribution is 0.809. The topological polar surface area (TPSA) is 6.48 Å². The zero-order valence-electron chi connectivity index (χ0n) is 43.4. The summed E-state index contributed by atoms with van der Waals surface area (Å²) in [6.07, 6.45) is 2.90. The maximum absolute atomic E-state index is 2.49. The van der Waals surface area contributed by atoms with Gasteiger partial charge >= 0.3 is 0 Å². The standard InChI is InChI=1S/C76H56N2/c1-5-22-53(23-6-1)73(74-50-59-25-13-15-38-68(59)71-40-17-18-41-72(71)74)51-61-29-19-26-54-42-43-60-46-57(44-45-70(60)76(54)61)62-47-58-24-14-16-39-69(58)75(52-62)78(65-34-11-4-12-35-65)67-37-21-28-56(49-67)55-27-20-36-66(48-55)77(63-30-7-2-8-31-63)64-32-9-3-10-33-64/h1-41,44-50,52,73H,42-43,51H2. The van der Waals surface area contributed by atoms with Gasteiger partial charge in [0.15, 0.2) is 0 Å². The molecule has 78 heavy (non-hydrogen) atoms. The van der Waals surface area contributed by atoms with E-state index in [0.29, 0.717) is 0 Å². The van der Waals surface area contributed by atoms with E-state index >= 15 is 0 Å². The van der Waals surface area contributed by atoms with E-state index in [2.05, 4.69) is 307 Å². The third kappa shape index (κ3) is 8.78. The number of benzene rings is 13. The molecule has 0 N–H and O–H groups in total. The molecule has 1 aliphatic carbocycles. The molecule has 13 aromatic rings. The van der Waals surface area contributed by atoms with Crippen molar-refractivity contribution in [2.24, 2.45) is 0 Å². The summed E-state index contributed by atoms with van der Waals surface area (Å²) in [5.74, 6) is 0.163. The molecule has 13 aromatic carbocycles. The molecular weight excluding hydrogens is 941 g/mol. The lowest BCUT2D eigenvalue weighted by atomic mass is 9.77. The van der Waals surface area contributed by atoms with Gasteiger partial charge in [0.1, 0.15) is 0 Å². The number of nitrogens with zero attached hydrogens (tertiary/aromatic N) is 2. The highest BCUT2D eigenvalue weighted by atomic mass is 15.1. The Bertz CT molecular complexity index is 4260. The van der Waals surface area contributed by atoms with Crippen LogP contribution in [-0.2, 0) is 19.3 Å². The van der Waals surface area contributed by atoms with Crippen LogP contribution in [0, 0.1) is 0 Å². The smallest absolute Gasteiger partial charge is 0.0546 e. The van der Waals surface area contributed by atoms with Crippen LogP contribution >= 0.6 is 0 Å². The Morgan fingerprint density at radius 3 is 1.47 bits per heavy atom. The predicted molar refractivity (Wildman–Crippen MR) is 330 cm³/mol. The summed E-state index contributed by atoms with van der Waals surface area (Å²) in [7, 11) is 0. The van der Waals surface area contributed by atoms with Crippen LogP contribution in [0.3, 0.4) is 0 Å². The van der Waals surface area contributed by atoms with Gasteiger partial charge in [0.05, 0.1) is 5.69 Å². The molecule has 2 heteroatoms. The van der Waals surface area contributed by atoms with Gasteiger partial charge in [0.2, 0.25) is 0 Å². The summed E-state index contributed by atoms with van der Waals surface area (Å²) in [4.78, 5) is 4.78. The average Bonchev–Trinajstić information content (AvgIpc) is 3.52. The third-order valence-corrected chi connectivity index (χ3v) is 16.1. The third-order valence-electron chi connectivity index (χ3n) is 16.1. The van der Waals surface area contributed by atoms with Crippen LogP contribution in [0.15, 0.2) is 297 Å². The number of anilines is 6. The molecule has 0 radical (unpaired) electrons. The second-order valence-corrected chi connectivity index (χ2v) is 20.7. The molecule has 370 valence electrons. The first-order valence-electron chi connectivity index (χ1n) is 27.4. The van der Waals surface area contributed by atoms with Crippen molar-refractivity contribution < 1.29 is 0 Å². The van der Waals surface area contributed by atoms with Crippen molar-refractivity contribution in [2.75, 3.05) is 9.80 Å². The Hall–Kier alpha value is -9.76. The maximum atomic E-state index is 2.49. The molecular formula is C76H56N2. The first kappa shape index (κ1) is 46.7. The summed E-state index contributed by atoms with van der Waals surface area (Å²) in [5, 5.41) is 7.63. The second-order valence-electron chi connectivity index (χ2n) is 20.7. The lowest BCUT2D eigenvalue weighted by Gasteiger charge is -2.29. The zero-order chi connectivity index (χ0) is 51.8. The summed E-state index contributed by atoms with van der Waals surface area (Å²) >= 11 is 0. The number of hydrogen-bond donors (Lipinski definition) is 0. The van der Waals surface area contributed by atoms with Gasteiger partial charge in [-0.25, -0.2) is 0 Å². The normalized spacial score (nSPS) is 12.3. The molecule has 0 amide bonds. The van der Waals surface area contributed by atoms with Gasteiger partial charge in [0.25, 0.3) is 0 Å². The molecule has 0 bridgehead atoms. The maximum Gasteiger partial charge on any atom is 0.0546 e. The first-order valence-corrected chi connectivity index (χ1v) is 27.4. The molecule has 14 rings (SSSR count). The highest BCUT2D eigenvalue weighted by molar-refractivity contribution is 6.09. The summed E-state index contributed by atoms with van der Waals surface area (Å²) in [5.41, 5.74) is 21.1. The zero-order valence-corrected chi connectivity index (χ0v) is 43.4. The molecule has 2 nitrogen and oxygen atoms in total. The van der Waals surface area contributed by atoms with Crippen molar-refractivity contribution in [1.29, 1.82) is 0 Å². The fraction of sp³-hybridized carbons (Fsp3) is 0.0526. The quantitative estimate of drug-likeness (QED) is 0.113. The molecule has 1 unspecified atom stereocenters. The highest BCUT2D eigenvalue weighted by Crippen LogP contribution is 2.46. The van der Waals surface area contributed by atoms with Gasteiger partial charge in [-0.2, -0.15) is 0 Å². The Kier molecular flexibility index (Phi) is 12.2. The van der Waals surface area contributed by atoms with Crippen molar-refractivity contribution in [3.05, 3.63) is 325 Å². The first-order chi connectivity index (χ1) is 38.7. The van der Waals surface area contributed by atoms with Gasteiger partial charge < -0.3 is 9.80 Å². The molecule has 1 aliphatic rings. The van der Waals surface area contributed by atoms with Crippen molar-refractivity contribution in [2.45, 2.75) is 25.2 Å². The largest absolute Gasteiger partial charge is 0.310 e. The van der Waals surface area contributed by atoms with Crippen LogP contribution in [0.25, 0.3) is 65.7 Å². The molecule has 0 heterocycles. The van der Waals surface area contributed by atoms with Crippen LogP contribution in [0.2, 0.25) is 0 Å². The fourth-order valence-corrected chi connectivity index (χ4v) is 12.5. The van der Waals surface area contributed by atoms with Crippen molar-refractivity contribution in [3.63, 3.8) is 0 Å². The monoisotopic (exact) mass is 996 g/mol. The van der Waals surface area contributed by atoms with E-state index in [4.69, 9.17) is 0 Å². The van der Waals surface area contributed by atoms with Crippen molar-refractivity contribution in [1.82, 2.24) is 0 Å². The van der Waals surface area contributed by atoms with Gasteiger partial charge in [-0.15, -0.1) is 0 Å². The van der Waals surface area contributed by atoms with Gasteiger partial charge in [0, 0.05) is 39.7 Å². The lowest BCUT2D eigenvalue weighted by Crippen LogP contribution is -2.11. The van der Waals surface area contributed by atoms with Crippen LogP contribution in [0.4, 0.5) is 34.1 Å². The molecule has 0 aromatic heterocycles. The van der Waals surface area contributed by atoms with Crippen molar-refractivity contribution in [3.8, 4) is 33.4 Å². The fourth-order valence-electron chi connectivity index (χ4n) is 12.5. The summed E-state index contributed by atoms with van der Waals surface area (Å²) < 4.78 is 0. The molecule has 0 spiro atoms. The molecule has 0 saturated carbocycles. The van der Waals surface area contributed by atoms with E-state index in [-0.39, 0.29) is 5.92 Å². The van der Waals surface area contributed by atoms with Crippen LogP contribution in [-0.4, -0.2) is 0 Å². The van der Waals surface area contributed by atoms with Crippen LogP contribution in [0.5, 0.6) is 0 Å². The molecule has 1 atom stereocenters. The molecule has 0 fully saturated rings. The SMILES string of the molecule is c1ccc(C(Cc2cccc3c2-c2ccc(-c4cc(N(c5ccccc5)c5cccc(-c6cccc(N(c7ccccc7)c7ccccc7)c6)c5)c5ccccc5c4)cc2CC3)c2cc3ccccc3c3ccccc23)cc1. The summed E-state index contributed by atoms with van der Waals surface area (Å²) in [6.45, 7) is 0. The van der Waals surface area contributed by atoms with E-state index in [1.54, 1.807) is 0 Å². The van der Waals surface area contributed by atoms with Gasteiger partial charge in [-0.3, -0.25) is 0 Å². The minimum atomic E-state index is 0.163. The van der Waals surface area contributed by atoms with E-state index in [1.807, 2.05) is 0 Å². The van der Waals surface area contributed by atoms with Crippen LogP contribution < -0.4 is 9.80 Å². The molecule has 0 saturated heterocycles. The van der Waals surface area contributed by atoms with E-state index in [0.717, 1.165) is 64.5 Å². The van der Waals surface area contributed by atoms with Crippen LogP contribution in [0.1, 0.15) is 33.7 Å². The van der Waals surface area contributed by atoms with E-state index < -0.39 is 0 Å². The Labute approximate surface area is 457 Å². The number of rotatable bonds is 12. The number of hydrogen-bond acceptors (Lipinski definition) is 2. The minimum absolute atomic E-state index is 0.163. The second kappa shape index (κ2) is 20.4. The van der Waals surface area contributed by atoms with E-state index in [9.17, 15) is 0 Å². The average molecular weight is 997 g/mol.